The second kappa shape index (κ2) is 5.60. The Kier molecular flexibility index (Phi) is 3.89. The Morgan fingerprint density at radius 3 is 2.47 bits per heavy atom. The second-order valence-electron chi connectivity index (χ2n) is 4.67. The Morgan fingerprint density at radius 2 is 1.84 bits per heavy atom. The third kappa shape index (κ3) is 3.61. The van der Waals surface area contributed by atoms with Crippen molar-refractivity contribution in [1.82, 2.24) is 10.6 Å². The summed E-state index contributed by atoms with van der Waals surface area (Å²) in [5.74, 6) is -0.0112. The molecule has 0 heterocycles. The van der Waals surface area contributed by atoms with Gasteiger partial charge in [0.1, 0.15) is 0 Å². The van der Waals surface area contributed by atoms with E-state index in [2.05, 4.69) is 10.6 Å². The van der Waals surface area contributed by atoms with E-state index in [0.717, 1.165) is 12.8 Å². The predicted octanol–water partition coefficient (Wildman–Crippen LogP) is 0.107. The minimum absolute atomic E-state index is 0.0706. The third-order valence-electron chi connectivity index (χ3n) is 2.98. The van der Waals surface area contributed by atoms with Crippen molar-refractivity contribution < 1.29 is 9.59 Å². The molecular weight excluding hydrogens is 244 g/mol. The highest BCUT2D eigenvalue weighted by Gasteiger charge is 2.28. The first-order valence-corrected chi connectivity index (χ1v) is 6.29. The van der Waals surface area contributed by atoms with Crippen LogP contribution < -0.4 is 22.1 Å². The van der Waals surface area contributed by atoms with Crippen molar-refractivity contribution >= 4 is 23.2 Å². The van der Waals surface area contributed by atoms with Gasteiger partial charge in [0.05, 0.1) is 5.56 Å². The molecule has 1 aromatic carbocycles. The van der Waals surface area contributed by atoms with Crippen molar-refractivity contribution in [1.29, 1.82) is 0 Å². The Bertz CT molecular complexity index is 497. The van der Waals surface area contributed by atoms with Crippen molar-refractivity contribution in [2.45, 2.75) is 12.8 Å². The van der Waals surface area contributed by atoms with Gasteiger partial charge >= 0.3 is 0 Å². The minimum Gasteiger partial charge on any atom is -0.399 e. The van der Waals surface area contributed by atoms with Crippen LogP contribution in [0, 0.1) is 5.92 Å². The fourth-order valence-electron chi connectivity index (χ4n) is 1.73. The van der Waals surface area contributed by atoms with Gasteiger partial charge in [-0.05, 0) is 31.0 Å². The number of benzene rings is 1. The molecule has 0 radical (unpaired) electrons. The Hall–Kier alpha value is -2.24. The van der Waals surface area contributed by atoms with Gasteiger partial charge < -0.3 is 22.1 Å². The summed E-state index contributed by atoms with van der Waals surface area (Å²) in [6.45, 7) is 0.803. The van der Waals surface area contributed by atoms with Crippen LogP contribution in [0.1, 0.15) is 23.2 Å². The number of nitrogen functional groups attached to an aromatic ring is 2. The van der Waals surface area contributed by atoms with E-state index in [0.29, 0.717) is 30.0 Å². The number of nitrogens with one attached hydrogen (secondary N) is 2. The maximum atomic E-state index is 11.8. The summed E-state index contributed by atoms with van der Waals surface area (Å²) >= 11 is 0. The maximum Gasteiger partial charge on any atom is 0.253 e. The molecule has 0 unspecified atom stereocenters. The lowest BCUT2D eigenvalue weighted by atomic mass is 10.1. The molecule has 0 aliphatic heterocycles. The molecule has 2 rings (SSSR count). The molecule has 0 aromatic heterocycles. The largest absolute Gasteiger partial charge is 0.399 e. The maximum absolute atomic E-state index is 11.8. The van der Waals surface area contributed by atoms with Crippen LogP contribution in [0.4, 0.5) is 11.4 Å². The van der Waals surface area contributed by atoms with Crippen LogP contribution in [0.2, 0.25) is 0 Å². The van der Waals surface area contributed by atoms with E-state index in [-0.39, 0.29) is 17.7 Å². The van der Waals surface area contributed by atoms with Gasteiger partial charge in [-0.15, -0.1) is 0 Å². The van der Waals surface area contributed by atoms with Crippen molar-refractivity contribution in [2.75, 3.05) is 24.6 Å². The number of hydrogen-bond donors (Lipinski definition) is 4. The first-order chi connectivity index (χ1) is 9.08. The van der Waals surface area contributed by atoms with E-state index >= 15 is 0 Å². The Balaban J connectivity index is 1.75. The molecule has 0 atom stereocenters. The molecule has 19 heavy (non-hydrogen) atoms. The summed E-state index contributed by atoms with van der Waals surface area (Å²) in [5, 5.41) is 5.47. The van der Waals surface area contributed by atoms with E-state index in [1.165, 1.54) is 0 Å². The number of carbonyl (C=O) groups excluding carboxylic acids is 2. The fraction of sp³-hybridized carbons (Fsp3) is 0.385. The average molecular weight is 262 g/mol. The third-order valence-corrected chi connectivity index (χ3v) is 2.98. The summed E-state index contributed by atoms with van der Waals surface area (Å²) in [5.41, 5.74) is 12.5. The highest BCUT2D eigenvalue weighted by molar-refractivity contribution is 5.99. The van der Waals surface area contributed by atoms with Gasteiger partial charge in [-0.2, -0.15) is 0 Å². The topological polar surface area (TPSA) is 110 Å². The monoisotopic (exact) mass is 262 g/mol. The molecule has 2 amide bonds. The lowest BCUT2D eigenvalue weighted by molar-refractivity contribution is -0.122. The van der Waals surface area contributed by atoms with E-state index in [4.69, 9.17) is 11.5 Å². The van der Waals surface area contributed by atoms with Crippen LogP contribution >= 0.6 is 0 Å². The number of carbonyl (C=O) groups is 2. The number of nitrogens with two attached hydrogens (primary N) is 2. The average Bonchev–Trinajstić information content (AvgIpc) is 3.18. The van der Waals surface area contributed by atoms with Crippen molar-refractivity contribution in [3.05, 3.63) is 23.8 Å². The first-order valence-electron chi connectivity index (χ1n) is 6.29. The van der Waals surface area contributed by atoms with E-state index in [1.54, 1.807) is 18.2 Å². The lowest BCUT2D eigenvalue weighted by Gasteiger charge is -2.09. The Morgan fingerprint density at radius 1 is 1.16 bits per heavy atom. The number of rotatable bonds is 5. The van der Waals surface area contributed by atoms with Crippen molar-refractivity contribution in [3.8, 4) is 0 Å². The van der Waals surface area contributed by atoms with E-state index in [1.807, 2.05) is 0 Å². The summed E-state index contributed by atoms with van der Waals surface area (Å²) in [6.07, 6.45) is 1.94. The zero-order valence-electron chi connectivity index (χ0n) is 10.6. The molecule has 1 saturated carbocycles. The highest BCUT2D eigenvalue weighted by atomic mass is 16.2. The number of hydrogen-bond acceptors (Lipinski definition) is 4. The zero-order chi connectivity index (χ0) is 13.8. The van der Waals surface area contributed by atoms with E-state index < -0.39 is 0 Å². The molecule has 0 saturated heterocycles. The number of amides is 2. The molecular formula is C13H18N4O2. The van der Waals surface area contributed by atoms with Crippen LogP contribution in [0.25, 0.3) is 0 Å². The fourth-order valence-corrected chi connectivity index (χ4v) is 1.73. The normalized spacial score (nSPS) is 13.9. The molecule has 0 bridgehead atoms. The Labute approximate surface area is 111 Å². The molecule has 1 aliphatic rings. The molecule has 102 valence electrons. The second-order valence-corrected chi connectivity index (χ2v) is 4.67. The molecule has 6 heteroatoms. The highest BCUT2D eigenvalue weighted by Crippen LogP contribution is 2.28. The van der Waals surface area contributed by atoms with Gasteiger partial charge in [0.2, 0.25) is 5.91 Å². The van der Waals surface area contributed by atoms with Crippen LogP contribution in [0.3, 0.4) is 0 Å². The van der Waals surface area contributed by atoms with Gasteiger partial charge in [0, 0.05) is 30.4 Å². The molecule has 6 N–H and O–H groups in total. The summed E-state index contributed by atoms with van der Waals surface area (Å²) in [6, 6.07) is 4.76. The van der Waals surface area contributed by atoms with Crippen LogP contribution in [0.15, 0.2) is 18.2 Å². The van der Waals surface area contributed by atoms with Crippen LogP contribution in [-0.2, 0) is 4.79 Å². The molecule has 1 fully saturated rings. The van der Waals surface area contributed by atoms with Crippen LogP contribution in [0.5, 0.6) is 0 Å². The zero-order valence-corrected chi connectivity index (χ0v) is 10.6. The first kappa shape index (κ1) is 13.2. The van der Waals surface area contributed by atoms with Crippen molar-refractivity contribution in [3.63, 3.8) is 0 Å². The van der Waals surface area contributed by atoms with Gasteiger partial charge in [-0.25, -0.2) is 0 Å². The quantitative estimate of drug-likeness (QED) is 0.446. The number of anilines is 2. The predicted molar refractivity (Wildman–Crippen MR) is 73.3 cm³/mol. The van der Waals surface area contributed by atoms with Gasteiger partial charge in [-0.3, -0.25) is 9.59 Å². The van der Waals surface area contributed by atoms with Crippen molar-refractivity contribution in [2.24, 2.45) is 5.92 Å². The molecule has 6 nitrogen and oxygen atoms in total. The van der Waals surface area contributed by atoms with Gasteiger partial charge in [0.15, 0.2) is 0 Å². The molecule has 1 aromatic rings. The van der Waals surface area contributed by atoms with Gasteiger partial charge in [0.25, 0.3) is 5.91 Å². The standard InChI is InChI=1S/C13H18N4O2/c14-9-3-4-10(11(15)7-9)13(19)17-6-5-16-12(18)8-1-2-8/h3-4,7-8H,1-2,5-6,14-15H2,(H,16,18)(H,17,19). The van der Waals surface area contributed by atoms with E-state index in [9.17, 15) is 9.59 Å². The smallest absolute Gasteiger partial charge is 0.253 e. The molecule has 0 spiro atoms. The lowest BCUT2D eigenvalue weighted by Crippen LogP contribution is -2.35. The summed E-state index contributed by atoms with van der Waals surface area (Å²) < 4.78 is 0. The SMILES string of the molecule is Nc1ccc(C(=O)NCCNC(=O)C2CC2)c(N)c1. The molecule has 1 aliphatic carbocycles. The van der Waals surface area contributed by atoms with Gasteiger partial charge in [-0.1, -0.05) is 0 Å². The summed E-state index contributed by atoms with van der Waals surface area (Å²) in [4.78, 5) is 23.2. The van der Waals surface area contributed by atoms with Crippen LogP contribution in [-0.4, -0.2) is 24.9 Å². The summed E-state index contributed by atoms with van der Waals surface area (Å²) in [7, 11) is 0. The minimum atomic E-state index is -0.266.